The molecule has 3 rings (SSSR count). The molecule has 25 heavy (non-hydrogen) atoms. The first-order valence-corrected chi connectivity index (χ1v) is 8.68. The van der Waals surface area contributed by atoms with E-state index in [1.165, 1.54) is 0 Å². The summed E-state index contributed by atoms with van der Waals surface area (Å²) in [5, 5.41) is 12.9. The molecule has 1 unspecified atom stereocenters. The van der Waals surface area contributed by atoms with Gasteiger partial charge in [-0.05, 0) is 24.0 Å². The summed E-state index contributed by atoms with van der Waals surface area (Å²) in [6.07, 6.45) is 1.02. The van der Waals surface area contributed by atoms with Crippen LogP contribution in [0.5, 0.6) is 5.75 Å². The lowest BCUT2D eigenvalue weighted by molar-refractivity contribution is -0.137. The number of aliphatic hydroxyl groups excluding tert-OH is 1. The summed E-state index contributed by atoms with van der Waals surface area (Å²) in [5.74, 6) is 1.77. The SMILES string of the molecule is CCC(C)c1ccccc1OCC(=O)N1CC(c2cc(CO)on2)C1. The Morgan fingerprint density at radius 2 is 2.20 bits per heavy atom. The van der Waals surface area contributed by atoms with Crippen LogP contribution in [0, 0.1) is 0 Å². The van der Waals surface area contributed by atoms with Crippen molar-refractivity contribution in [1.29, 1.82) is 0 Å². The Hall–Kier alpha value is -2.34. The fourth-order valence-corrected chi connectivity index (χ4v) is 2.93. The molecule has 2 heterocycles. The van der Waals surface area contributed by atoms with Crippen molar-refractivity contribution in [2.45, 2.75) is 38.7 Å². The second-order valence-electron chi connectivity index (χ2n) is 6.51. The van der Waals surface area contributed by atoms with Crippen molar-refractivity contribution in [3.63, 3.8) is 0 Å². The summed E-state index contributed by atoms with van der Waals surface area (Å²) in [6.45, 7) is 5.38. The van der Waals surface area contributed by atoms with Crippen LogP contribution in [0.25, 0.3) is 0 Å². The van der Waals surface area contributed by atoms with Crippen molar-refractivity contribution in [1.82, 2.24) is 10.1 Å². The van der Waals surface area contributed by atoms with E-state index >= 15 is 0 Å². The number of aromatic nitrogens is 1. The van der Waals surface area contributed by atoms with E-state index in [2.05, 4.69) is 25.1 Å². The van der Waals surface area contributed by atoms with E-state index in [-0.39, 0.29) is 25.0 Å². The number of aliphatic hydroxyl groups is 1. The van der Waals surface area contributed by atoms with E-state index in [1.54, 1.807) is 11.0 Å². The Kier molecular flexibility index (Phi) is 5.38. The Labute approximate surface area is 147 Å². The Bertz CT molecular complexity index is 722. The zero-order chi connectivity index (χ0) is 17.8. The van der Waals surface area contributed by atoms with Crippen LogP contribution in [0.2, 0.25) is 0 Å². The number of hydrogen-bond donors (Lipinski definition) is 1. The predicted molar refractivity (Wildman–Crippen MR) is 92.4 cm³/mol. The summed E-state index contributed by atoms with van der Waals surface area (Å²) in [7, 11) is 0. The number of benzene rings is 1. The summed E-state index contributed by atoms with van der Waals surface area (Å²) < 4.78 is 10.8. The van der Waals surface area contributed by atoms with Gasteiger partial charge in [-0.2, -0.15) is 0 Å². The maximum Gasteiger partial charge on any atom is 0.260 e. The van der Waals surface area contributed by atoms with Gasteiger partial charge in [-0.15, -0.1) is 0 Å². The number of ether oxygens (including phenoxy) is 1. The molecule has 0 aliphatic carbocycles. The highest BCUT2D eigenvalue weighted by atomic mass is 16.5. The molecule has 1 aromatic heterocycles. The zero-order valence-electron chi connectivity index (χ0n) is 14.6. The van der Waals surface area contributed by atoms with Gasteiger partial charge < -0.3 is 19.3 Å². The lowest BCUT2D eigenvalue weighted by atomic mass is 9.96. The third-order valence-corrected chi connectivity index (χ3v) is 4.80. The van der Waals surface area contributed by atoms with Crippen LogP contribution in [-0.4, -0.2) is 40.8 Å². The first-order chi connectivity index (χ1) is 12.1. The van der Waals surface area contributed by atoms with Gasteiger partial charge in [0.05, 0.1) is 5.69 Å². The molecule has 1 aliphatic rings. The standard InChI is InChI=1S/C19H24N2O4/c1-3-13(2)16-6-4-5-7-18(16)24-12-19(23)21-9-14(10-21)17-8-15(11-22)25-20-17/h4-8,13-14,22H,3,9-12H2,1-2H3. The normalized spacial score (nSPS) is 15.7. The predicted octanol–water partition coefficient (Wildman–Crippen LogP) is 2.69. The molecule has 0 saturated carbocycles. The molecule has 1 atom stereocenters. The Morgan fingerprint density at radius 1 is 1.44 bits per heavy atom. The average molecular weight is 344 g/mol. The van der Waals surface area contributed by atoms with Crippen LogP contribution in [0.3, 0.4) is 0 Å². The number of likely N-dealkylation sites (tertiary alicyclic amines) is 1. The van der Waals surface area contributed by atoms with E-state index < -0.39 is 0 Å². The van der Waals surface area contributed by atoms with Crippen LogP contribution in [0.4, 0.5) is 0 Å². The molecular formula is C19H24N2O4. The lowest BCUT2D eigenvalue weighted by Gasteiger charge is -2.38. The lowest BCUT2D eigenvalue weighted by Crippen LogP contribution is -2.50. The van der Waals surface area contributed by atoms with Crippen molar-refractivity contribution >= 4 is 5.91 Å². The maximum absolute atomic E-state index is 12.3. The van der Waals surface area contributed by atoms with Crippen LogP contribution >= 0.6 is 0 Å². The molecule has 0 bridgehead atoms. The largest absolute Gasteiger partial charge is 0.483 e. The molecule has 1 amide bonds. The Balaban J connectivity index is 1.51. The second kappa shape index (κ2) is 7.70. The summed E-state index contributed by atoms with van der Waals surface area (Å²) >= 11 is 0. The van der Waals surface area contributed by atoms with Crippen LogP contribution in [0.15, 0.2) is 34.9 Å². The van der Waals surface area contributed by atoms with Gasteiger partial charge >= 0.3 is 0 Å². The summed E-state index contributed by atoms with van der Waals surface area (Å²) in [4.78, 5) is 14.1. The van der Waals surface area contributed by atoms with E-state index in [9.17, 15) is 4.79 Å². The molecule has 1 saturated heterocycles. The minimum atomic E-state index is -0.161. The molecule has 1 N–H and O–H groups in total. The minimum Gasteiger partial charge on any atom is -0.483 e. The average Bonchev–Trinajstić information content (AvgIpc) is 3.07. The van der Waals surface area contributed by atoms with E-state index in [4.69, 9.17) is 14.4 Å². The number of amides is 1. The summed E-state index contributed by atoms with van der Waals surface area (Å²) in [6, 6.07) is 9.63. The van der Waals surface area contributed by atoms with Crippen LogP contribution < -0.4 is 4.74 Å². The molecule has 134 valence electrons. The van der Waals surface area contributed by atoms with Gasteiger partial charge in [0.15, 0.2) is 12.4 Å². The number of hydrogen-bond acceptors (Lipinski definition) is 5. The quantitative estimate of drug-likeness (QED) is 0.836. The molecule has 1 aromatic carbocycles. The monoisotopic (exact) mass is 344 g/mol. The number of carbonyl (C=O) groups is 1. The van der Waals surface area contributed by atoms with E-state index in [1.807, 2.05) is 18.2 Å². The van der Waals surface area contributed by atoms with Gasteiger partial charge in [-0.3, -0.25) is 4.79 Å². The smallest absolute Gasteiger partial charge is 0.260 e. The van der Waals surface area contributed by atoms with Crippen molar-refractivity contribution in [2.24, 2.45) is 0 Å². The fourth-order valence-electron chi connectivity index (χ4n) is 2.93. The van der Waals surface area contributed by atoms with Gasteiger partial charge in [-0.1, -0.05) is 37.2 Å². The zero-order valence-corrected chi connectivity index (χ0v) is 14.6. The molecule has 2 aromatic rings. The van der Waals surface area contributed by atoms with Gasteiger partial charge in [0.25, 0.3) is 5.91 Å². The maximum atomic E-state index is 12.3. The van der Waals surface area contributed by atoms with Crippen LogP contribution in [0.1, 0.15) is 49.1 Å². The highest BCUT2D eigenvalue weighted by Gasteiger charge is 2.34. The van der Waals surface area contributed by atoms with Gasteiger partial charge in [0.1, 0.15) is 12.4 Å². The third-order valence-electron chi connectivity index (χ3n) is 4.80. The third kappa shape index (κ3) is 3.85. The minimum absolute atomic E-state index is 0.0268. The fraction of sp³-hybridized carbons (Fsp3) is 0.474. The number of carbonyl (C=O) groups excluding carboxylic acids is 1. The highest BCUT2D eigenvalue weighted by Crippen LogP contribution is 2.29. The van der Waals surface area contributed by atoms with Crippen molar-refractivity contribution < 1.29 is 19.2 Å². The van der Waals surface area contributed by atoms with Crippen molar-refractivity contribution in [3.05, 3.63) is 47.3 Å². The van der Waals surface area contributed by atoms with Crippen LogP contribution in [-0.2, 0) is 11.4 Å². The molecule has 0 radical (unpaired) electrons. The molecule has 6 heteroatoms. The number of para-hydroxylation sites is 1. The van der Waals surface area contributed by atoms with Crippen molar-refractivity contribution in [2.75, 3.05) is 19.7 Å². The first kappa shape index (κ1) is 17.5. The molecule has 6 nitrogen and oxygen atoms in total. The van der Waals surface area contributed by atoms with Crippen molar-refractivity contribution in [3.8, 4) is 5.75 Å². The number of nitrogens with zero attached hydrogens (tertiary/aromatic N) is 2. The number of rotatable bonds is 7. The second-order valence-corrected chi connectivity index (χ2v) is 6.51. The topological polar surface area (TPSA) is 75.8 Å². The summed E-state index contributed by atoms with van der Waals surface area (Å²) in [5.41, 5.74) is 1.93. The molecule has 0 spiro atoms. The van der Waals surface area contributed by atoms with E-state index in [0.29, 0.717) is 24.8 Å². The van der Waals surface area contributed by atoms with Gasteiger partial charge in [-0.25, -0.2) is 0 Å². The van der Waals surface area contributed by atoms with E-state index in [0.717, 1.165) is 23.4 Å². The molecule has 1 fully saturated rings. The van der Waals surface area contributed by atoms with Gasteiger partial charge in [0.2, 0.25) is 0 Å². The highest BCUT2D eigenvalue weighted by molar-refractivity contribution is 5.79. The first-order valence-electron chi connectivity index (χ1n) is 8.68. The molecule has 1 aliphatic heterocycles. The molecular weight excluding hydrogens is 320 g/mol. The Morgan fingerprint density at radius 3 is 2.88 bits per heavy atom. The van der Waals surface area contributed by atoms with Gasteiger partial charge in [0, 0.05) is 25.1 Å².